The molecule has 0 unspecified atom stereocenters. The molecule has 1 aliphatic carbocycles. The molecule has 4 rings (SSSR count). The summed E-state index contributed by atoms with van der Waals surface area (Å²) in [6.07, 6.45) is 5.52. The van der Waals surface area contributed by atoms with Gasteiger partial charge in [0, 0.05) is 47.6 Å². The quantitative estimate of drug-likeness (QED) is 0.221. The Morgan fingerprint density at radius 3 is 2.23 bits per heavy atom. The maximum absolute atomic E-state index is 14.1. The molecule has 0 bridgehead atoms. The lowest BCUT2D eigenvalue weighted by atomic mass is 10.0. The third-order valence-corrected chi connectivity index (χ3v) is 9.76. The lowest BCUT2D eigenvalue weighted by Gasteiger charge is -2.33. The van der Waals surface area contributed by atoms with E-state index in [0.717, 1.165) is 37.5 Å². The summed E-state index contributed by atoms with van der Waals surface area (Å²) in [6, 6.07) is 20.8. The predicted octanol–water partition coefficient (Wildman–Crippen LogP) is 6.25. The Balaban J connectivity index is 1.63. The average Bonchev–Trinajstić information content (AvgIpc) is 3.51. The Labute approximate surface area is 270 Å². The van der Waals surface area contributed by atoms with E-state index in [4.69, 9.17) is 27.9 Å². The molecule has 0 heterocycles. The molecule has 1 saturated carbocycles. The fraction of sp³-hybridized carbons (Fsp3) is 0.394. The number of anilines is 1. The van der Waals surface area contributed by atoms with Crippen LogP contribution in [-0.2, 0) is 32.6 Å². The van der Waals surface area contributed by atoms with Gasteiger partial charge in [-0.3, -0.25) is 13.9 Å². The third-order valence-electron chi connectivity index (χ3n) is 7.87. The predicted molar refractivity (Wildman–Crippen MR) is 176 cm³/mol. The highest BCUT2D eigenvalue weighted by atomic mass is 35.5. The highest BCUT2D eigenvalue weighted by Crippen LogP contribution is 2.31. The first-order valence-electron chi connectivity index (χ1n) is 14.8. The van der Waals surface area contributed by atoms with Crippen molar-refractivity contribution in [2.24, 2.45) is 0 Å². The van der Waals surface area contributed by atoms with Crippen molar-refractivity contribution in [1.82, 2.24) is 10.2 Å². The van der Waals surface area contributed by atoms with E-state index in [9.17, 15) is 18.0 Å². The molecule has 0 saturated heterocycles. The Bertz CT molecular complexity index is 1510. The minimum atomic E-state index is -3.68. The number of sulfonamides is 1. The van der Waals surface area contributed by atoms with E-state index in [1.54, 1.807) is 42.5 Å². The van der Waals surface area contributed by atoms with Crippen LogP contribution in [0.3, 0.4) is 0 Å². The summed E-state index contributed by atoms with van der Waals surface area (Å²) in [5.41, 5.74) is 1.84. The molecule has 44 heavy (non-hydrogen) atoms. The molecule has 1 atom stereocenters. The summed E-state index contributed by atoms with van der Waals surface area (Å²) in [5.74, 6) is -0.133. The zero-order valence-corrected chi connectivity index (χ0v) is 27.4. The summed E-state index contributed by atoms with van der Waals surface area (Å²) < 4.78 is 32.2. The summed E-state index contributed by atoms with van der Waals surface area (Å²) in [4.78, 5) is 29.5. The second kappa shape index (κ2) is 15.6. The standard InChI is InChI=1S/C33H39Cl2N3O5S/c1-43-31-19-9-8-18-29(31)38(44(2,41)42)21-11-20-32(39)37(23-26-27(34)16-10-17-28(26)35)30(22-24-12-4-3-5-13-24)33(40)36-25-14-6-7-15-25/h3-5,8-10,12-13,16-19,25,30H,6-7,11,14-15,20-23H2,1-2H3,(H,36,40)/t30-/m1/s1. The molecule has 1 fully saturated rings. The zero-order chi connectivity index (χ0) is 31.7. The fourth-order valence-electron chi connectivity index (χ4n) is 5.59. The van der Waals surface area contributed by atoms with Crippen molar-refractivity contribution < 1.29 is 22.7 Å². The van der Waals surface area contributed by atoms with E-state index in [0.29, 0.717) is 33.5 Å². The molecule has 11 heteroatoms. The highest BCUT2D eigenvalue weighted by molar-refractivity contribution is 7.92. The molecule has 236 valence electrons. The maximum Gasteiger partial charge on any atom is 0.243 e. The van der Waals surface area contributed by atoms with E-state index in [-0.39, 0.29) is 43.8 Å². The topological polar surface area (TPSA) is 96.0 Å². The van der Waals surface area contributed by atoms with Gasteiger partial charge in [-0.05, 0) is 49.1 Å². The minimum absolute atomic E-state index is 0.00869. The molecule has 0 spiro atoms. The number of para-hydroxylation sites is 2. The van der Waals surface area contributed by atoms with E-state index in [1.165, 1.54) is 16.3 Å². The number of rotatable bonds is 14. The molecule has 3 aromatic carbocycles. The highest BCUT2D eigenvalue weighted by Gasteiger charge is 2.33. The molecule has 0 radical (unpaired) electrons. The van der Waals surface area contributed by atoms with Gasteiger partial charge in [0.05, 0.1) is 19.1 Å². The number of halogens is 2. The van der Waals surface area contributed by atoms with E-state index in [1.807, 2.05) is 30.3 Å². The largest absolute Gasteiger partial charge is 0.495 e. The van der Waals surface area contributed by atoms with Crippen LogP contribution in [0.2, 0.25) is 10.0 Å². The Kier molecular flexibility index (Phi) is 11.9. The van der Waals surface area contributed by atoms with E-state index >= 15 is 0 Å². The molecular formula is C33H39Cl2N3O5S. The molecule has 0 aromatic heterocycles. The van der Waals surface area contributed by atoms with Crippen LogP contribution in [0, 0.1) is 0 Å². The first-order valence-corrected chi connectivity index (χ1v) is 17.4. The van der Waals surface area contributed by atoms with Gasteiger partial charge in [-0.25, -0.2) is 8.42 Å². The second-order valence-electron chi connectivity index (χ2n) is 11.0. The monoisotopic (exact) mass is 659 g/mol. The van der Waals surface area contributed by atoms with Crippen LogP contribution in [0.4, 0.5) is 5.69 Å². The number of carbonyl (C=O) groups is 2. The summed E-state index contributed by atoms with van der Waals surface area (Å²) in [6.45, 7) is 0.0679. The lowest BCUT2D eigenvalue weighted by Crippen LogP contribution is -2.52. The van der Waals surface area contributed by atoms with Gasteiger partial charge in [0.2, 0.25) is 21.8 Å². The zero-order valence-electron chi connectivity index (χ0n) is 25.0. The van der Waals surface area contributed by atoms with Crippen LogP contribution >= 0.6 is 23.2 Å². The SMILES string of the molecule is COc1ccccc1N(CCCC(=O)N(Cc1c(Cl)cccc1Cl)[C@H](Cc1ccccc1)C(=O)NC1CCCC1)S(C)(=O)=O. The van der Waals surface area contributed by atoms with Gasteiger partial charge in [0.25, 0.3) is 0 Å². The number of benzene rings is 3. The van der Waals surface area contributed by atoms with Crippen LogP contribution in [0.15, 0.2) is 72.8 Å². The van der Waals surface area contributed by atoms with Gasteiger partial charge in [-0.2, -0.15) is 0 Å². The number of carbonyl (C=O) groups excluding carboxylic acids is 2. The van der Waals surface area contributed by atoms with Crippen molar-refractivity contribution in [2.75, 3.05) is 24.2 Å². The van der Waals surface area contributed by atoms with Crippen LogP contribution in [-0.4, -0.2) is 57.1 Å². The molecule has 1 aliphatic rings. The number of hydrogen-bond donors (Lipinski definition) is 1. The molecule has 1 N–H and O–H groups in total. The summed E-state index contributed by atoms with van der Waals surface area (Å²) in [5, 5.41) is 3.96. The van der Waals surface area contributed by atoms with Crippen LogP contribution < -0.4 is 14.4 Å². The molecular weight excluding hydrogens is 621 g/mol. The molecule has 3 aromatic rings. The average molecular weight is 661 g/mol. The normalized spacial score (nSPS) is 14.2. The number of ether oxygens (including phenoxy) is 1. The van der Waals surface area contributed by atoms with Gasteiger partial charge < -0.3 is 15.0 Å². The smallest absolute Gasteiger partial charge is 0.243 e. The second-order valence-corrected chi connectivity index (χ2v) is 13.7. The van der Waals surface area contributed by atoms with Crippen molar-refractivity contribution in [3.63, 3.8) is 0 Å². The molecule has 2 amide bonds. The summed E-state index contributed by atoms with van der Waals surface area (Å²) in [7, 11) is -2.21. The Hall–Kier alpha value is -3.27. The van der Waals surface area contributed by atoms with Crippen molar-refractivity contribution >= 4 is 50.7 Å². The number of nitrogens with one attached hydrogen (secondary N) is 1. The van der Waals surface area contributed by atoms with E-state index < -0.39 is 16.1 Å². The number of hydrogen-bond acceptors (Lipinski definition) is 5. The first-order chi connectivity index (χ1) is 21.1. The molecule has 8 nitrogen and oxygen atoms in total. The van der Waals surface area contributed by atoms with Gasteiger partial charge >= 0.3 is 0 Å². The lowest BCUT2D eigenvalue weighted by molar-refractivity contribution is -0.141. The first kappa shape index (κ1) is 33.6. The van der Waals surface area contributed by atoms with Crippen LogP contribution in [0.1, 0.15) is 49.7 Å². The van der Waals surface area contributed by atoms with Gasteiger partial charge in [-0.1, -0.05) is 84.6 Å². The number of amides is 2. The van der Waals surface area contributed by atoms with Crippen LogP contribution in [0.25, 0.3) is 0 Å². The van der Waals surface area contributed by atoms with Crippen molar-refractivity contribution in [3.8, 4) is 5.75 Å². The van der Waals surface area contributed by atoms with Crippen molar-refractivity contribution in [3.05, 3.63) is 94.0 Å². The third kappa shape index (κ3) is 8.89. The number of methoxy groups -OCH3 is 1. The Morgan fingerprint density at radius 1 is 0.955 bits per heavy atom. The van der Waals surface area contributed by atoms with Crippen LogP contribution in [0.5, 0.6) is 5.75 Å². The minimum Gasteiger partial charge on any atom is -0.495 e. The Morgan fingerprint density at radius 2 is 1.59 bits per heavy atom. The van der Waals surface area contributed by atoms with Gasteiger partial charge in [0.1, 0.15) is 11.8 Å². The fourth-order valence-corrected chi connectivity index (χ4v) is 7.08. The van der Waals surface area contributed by atoms with Crippen molar-refractivity contribution in [1.29, 1.82) is 0 Å². The van der Waals surface area contributed by atoms with Gasteiger partial charge in [0.15, 0.2) is 0 Å². The summed E-state index contributed by atoms with van der Waals surface area (Å²) >= 11 is 13.1. The number of nitrogens with zero attached hydrogens (tertiary/aromatic N) is 2. The van der Waals surface area contributed by atoms with Crippen molar-refractivity contribution in [2.45, 2.75) is 63.6 Å². The molecule has 0 aliphatic heterocycles. The van der Waals surface area contributed by atoms with E-state index in [2.05, 4.69) is 5.32 Å². The maximum atomic E-state index is 14.1. The van der Waals surface area contributed by atoms with Gasteiger partial charge in [-0.15, -0.1) is 0 Å².